The van der Waals surface area contributed by atoms with Gasteiger partial charge in [-0.25, -0.2) is 4.39 Å². The number of benzene rings is 1. The van der Waals surface area contributed by atoms with Crippen LogP contribution in [0.2, 0.25) is 0 Å². The van der Waals surface area contributed by atoms with E-state index in [1.54, 1.807) is 0 Å². The van der Waals surface area contributed by atoms with Crippen molar-refractivity contribution in [1.29, 1.82) is 0 Å². The molecule has 0 saturated heterocycles. The molecule has 0 aliphatic rings. The summed E-state index contributed by atoms with van der Waals surface area (Å²) in [6, 6.07) is 3.92. The van der Waals surface area contributed by atoms with Crippen LogP contribution in [0, 0.1) is 18.2 Å². The van der Waals surface area contributed by atoms with Gasteiger partial charge in [-0.3, -0.25) is 4.79 Å². The van der Waals surface area contributed by atoms with Gasteiger partial charge >= 0.3 is 0 Å². The van der Waals surface area contributed by atoms with Crippen LogP contribution in [-0.4, -0.2) is 21.3 Å². The van der Waals surface area contributed by atoms with Gasteiger partial charge in [-0.1, -0.05) is 5.92 Å². The Morgan fingerprint density at radius 1 is 1.41 bits per heavy atom. The minimum atomic E-state index is -0.750. The number of nitrogens with one attached hydrogen (secondary N) is 1. The molecule has 6 heteroatoms. The van der Waals surface area contributed by atoms with Gasteiger partial charge in [0.1, 0.15) is 11.5 Å². The lowest BCUT2D eigenvalue weighted by atomic mass is 10.1. The van der Waals surface area contributed by atoms with Crippen molar-refractivity contribution < 1.29 is 9.18 Å². The summed E-state index contributed by atoms with van der Waals surface area (Å²) in [5.41, 5.74) is 5.92. The molecule has 0 aliphatic carbocycles. The number of H-pyrrole nitrogens is 1. The lowest BCUT2D eigenvalue weighted by molar-refractivity contribution is 0.0996. The lowest BCUT2D eigenvalue weighted by Crippen LogP contribution is -2.12. The number of aromatic amines is 1. The van der Waals surface area contributed by atoms with E-state index >= 15 is 0 Å². The van der Waals surface area contributed by atoms with Crippen molar-refractivity contribution in [2.24, 2.45) is 5.73 Å². The van der Waals surface area contributed by atoms with Gasteiger partial charge in [-0.15, -0.1) is 6.42 Å². The molecule has 1 heterocycles. The zero-order valence-corrected chi connectivity index (χ0v) is 8.57. The lowest BCUT2D eigenvalue weighted by Gasteiger charge is -2.00. The summed E-state index contributed by atoms with van der Waals surface area (Å²) in [6.07, 6.45) is 5.19. The van der Waals surface area contributed by atoms with Crippen molar-refractivity contribution >= 4 is 5.91 Å². The maximum atomic E-state index is 13.3. The predicted molar refractivity (Wildman–Crippen MR) is 58.2 cm³/mol. The van der Waals surface area contributed by atoms with Crippen LogP contribution >= 0.6 is 0 Å². The SMILES string of the molecule is C#Cc1cc(F)cc(-c2n[nH]nc2C(N)=O)c1. The van der Waals surface area contributed by atoms with E-state index in [1.165, 1.54) is 18.2 Å². The number of amides is 1. The van der Waals surface area contributed by atoms with Crippen LogP contribution in [0.25, 0.3) is 11.3 Å². The van der Waals surface area contributed by atoms with Gasteiger partial charge in [-0.2, -0.15) is 15.4 Å². The monoisotopic (exact) mass is 230 g/mol. The number of hydrogen-bond acceptors (Lipinski definition) is 3. The smallest absolute Gasteiger partial charge is 0.271 e. The van der Waals surface area contributed by atoms with Gasteiger partial charge in [0, 0.05) is 11.1 Å². The molecule has 0 saturated carbocycles. The summed E-state index contributed by atoms with van der Waals surface area (Å²) >= 11 is 0. The number of nitrogens with two attached hydrogens (primary N) is 1. The summed E-state index contributed by atoms with van der Waals surface area (Å²) in [6.45, 7) is 0. The maximum absolute atomic E-state index is 13.3. The van der Waals surface area contributed by atoms with E-state index in [-0.39, 0.29) is 11.4 Å². The molecule has 0 radical (unpaired) electrons. The normalized spacial score (nSPS) is 9.88. The fourth-order valence-corrected chi connectivity index (χ4v) is 1.41. The highest BCUT2D eigenvalue weighted by molar-refractivity contribution is 5.96. The molecule has 1 amide bonds. The number of carbonyl (C=O) groups is 1. The molecule has 0 atom stereocenters. The van der Waals surface area contributed by atoms with Gasteiger partial charge in [-0.05, 0) is 18.2 Å². The second kappa shape index (κ2) is 4.06. The standard InChI is InChI=1S/C11H7FN4O/c1-2-6-3-7(5-8(12)4-6)9-10(11(13)17)15-16-14-9/h1,3-5H,(H2,13,17)(H,14,15,16). The molecule has 5 nitrogen and oxygen atoms in total. The highest BCUT2D eigenvalue weighted by Gasteiger charge is 2.16. The van der Waals surface area contributed by atoms with Crippen molar-refractivity contribution in [1.82, 2.24) is 15.4 Å². The molecule has 0 spiro atoms. The predicted octanol–water partition coefficient (Wildman–Crippen LogP) is 0.691. The number of primary amides is 1. The fraction of sp³-hybridized carbons (Fsp3) is 0. The van der Waals surface area contributed by atoms with E-state index in [0.29, 0.717) is 11.1 Å². The van der Waals surface area contributed by atoms with Gasteiger partial charge in [0.2, 0.25) is 0 Å². The molecule has 0 bridgehead atoms. The van der Waals surface area contributed by atoms with Gasteiger partial charge in [0.25, 0.3) is 5.91 Å². The average Bonchev–Trinajstić information content (AvgIpc) is 2.77. The average molecular weight is 230 g/mol. The first-order valence-corrected chi connectivity index (χ1v) is 4.60. The van der Waals surface area contributed by atoms with Gasteiger partial charge in [0.05, 0.1) is 0 Å². The highest BCUT2D eigenvalue weighted by Crippen LogP contribution is 2.21. The number of hydrogen-bond donors (Lipinski definition) is 2. The Labute approximate surface area is 95.8 Å². The zero-order chi connectivity index (χ0) is 12.4. The largest absolute Gasteiger partial charge is 0.364 e. The summed E-state index contributed by atoms with van der Waals surface area (Å²) in [4.78, 5) is 11.1. The molecule has 1 aromatic heterocycles. The molecule has 1 aromatic carbocycles. The number of terminal acetylenes is 1. The first-order chi connectivity index (χ1) is 8.11. The molecule has 3 N–H and O–H groups in total. The van der Waals surface area contributed by atoms with Crippen LogP contribution in [0.15, 0.2) is 18.2 Å². The van der Waals surface area contributed by atoms with Crippen molar-refractivity contribution in [3.63, 3.8) is 0 Å². The Bertz CT molecular complexity index is 627. The Balaban J connectivity index is 2.61. The minimum Gasteiger partial charge on any atom is -0.364 e. The topological polar surface area (TPSA) is 84.7 Å². The molecule has 84 valence electrons. The molecule has 2 aromatic rings. The maximum Gasteiger partial charge on any atom is 0.271 e. The van der Waals surface area contributed by atoms with Crippen molar-refractivity contribution in [2.45, 2.75) is 0 Å². The molecule has 2 rings (SSSR count). The molecule has 17 heavy (non-hydrogen) atoms. The summed E-state index contributed by atoms with van der Waals surface area (Å²) in [7, 11) is 0. The number of aromatic nitrogens is 3. The third-order valence-corrected chi connectivity index (χ3v) is 2.12. The van der Waals surface area contributed by atoms with Gasteiger partial charge < -0.3 is 5.73 Å². The second-order valence-electron chi connectivity index (χ2n) is 3.26. The van der Waals surface area contributed by atoms with Crippen LogP contribution in [-0.2, 0) is 0 Å². The number of carbonyl (C=O) groups excluding carboxylic acids is 1. The third kappa shape index (κ3) is 1.99. The molecular weight excluding hydrogens is 223 g/mol. The van der Waals surface area contributed by atoms with E-state index in [0.717, 1.165) is 0 Å². The van der Waals surface area contributed by atoms with Crippen molar-refractivity contribution in [2.75, 3.05) is 0 Å². The Hall–Kier alpha value is -2.68. The van der Waals surface area contributed by atoms with Crippen LogP contribution in [0.5, 0.6) is 0 Å². The second-order valence-corrected chi connectivity index (χ2v) is 3.26. The van der Waals surface area contributed by atoms with E-state index in [9.17, 15) is 9.18 Å². The number of nitrogens with zero attached hydrogens (tertiary/aromatic N) is 2. The van der Waals surface area contributed by atoms with E-state index in [1.807, 2.05) is 0 Å². The Morgan fingerprint density at radius 3 is 2.82 bits per heavy atom. The van der Waals surface area contributed by atoms with E-state index in [4.69, 9.17) is 12.2 Å². The minimum absolute atomic E-state index is 0.0569. The van der Waals surface area contributed by atoms with Gasteiger partial charge in [0.15, 0.2) is 5.69 Å². The first kappa shape index (κ1) is 10.8. The quantitative estimate of drug-likeness (QED) is 0.744. The Kier molecular flexibility index (Phi) is 2.58. The molecular formula is C11H7FN4O. The van der Waals surface area contributed by atoms with Crippen molar-refractivity contribution in [3.05, 3.63) is 35.3 Å². The summed E-state index contributed by atoms with van der Waals surface area (Å²) in [5.74, 6) is 1.03. The Morgan fingerprint density at radius 2 is 2.18 bits per heavy atom. The number of halogens is 1. The number of rotatable bonds is 2. The first-order valence-electron chi connectivity index (χ1n) is 4.60. The van der Waals surface area contributed by atoms with Crippen LogP contribution in [0.1, 0.15) is 16.1 Å². The van der Waals surface area contributed by atoms with Crippen molar-refractivity contribution in [3.8, 4) is 23.6 Å². The summed E-state index contributed by atoms with van der Waals surface area (Å²) in [5, 5.41) is 9.60. The molecule has 0 fully saturated rings. The van der Waals surface area contributed by atoms with E-state index < -0.39 is 11.7 Å². The van der Waals surface area contributed by atoms with Crippen LogP contribution in [0.3, 0.4) is 0 Å². The van der Waals surface area contributed by atoms with Crippen LogP contribution in [0.4, 0.5) is 4.39 Å². The molecule has 0 unspecified atom stereocenters. The highest BCUT2D eigenvalue weighted by atomic mass is 19.1. The summed E-state index contributed by atoms with van der Waals surface area (Å²) < 4.78 is 13.3. The zero-order valence-electron chi connectivity index (χ0n) is 8.57. The fourth-order valence-electron chi connectivity index (χ4n) is 1.41. The molecule has 0 aliphatic heterocycles. The van der Waals surface area contributed by atoms with E-state index in [2.05, 4.69) is 21.3 Å². The third-order valence-electron chi connectivity index (χ3n) is 2.12. The van der Waals surface area contributed by atoms with Crippen LogP contribution < -0.4 is 5.73 Å².